The molecule has 4 aromatic rings. The molecule has 0 aliphatic carbocycles. The molecule has 2 aromatic heterocycles. The first-order valence-corrected chi connectivity index (χ1v) is 9.36. The number of H-pyrrole nitrogens is 1. The number of nitrogen functional groups attached to an aromatic ring is 1. The number of phenolic OH excluding ortho intramolecular Hbond substituents is 1. The Morgan fingerprint density at radius 1 is 1.03 bits per heavy atom. The maximum absolute atomic E-state index is 14.7. The summed E-state index contributed by atoms with van der Waals surface area (Å²) in [6.45, 7) is 0.440. The van der Waals surface area contributed by atoms with Gasteiger partial charge in [0.05, 0.1) is 0 Å². The third kappa shape index (κ3) is 3.82. The number of halogens is 2. The summed E-state index contributed by atoms with van der Waals surface area (Å²) in [7, 11) is 3.69. The first-order chi connectivity index (χ1) is 14.7. The van der Waals surface area contributed by atoms with E-state index >= 15 is 0 Å². The van der Waals surface area contributed by atoms with E-state index in [1.165, 1.54) is 24.3 Å². The Morgan fingerprint density at radius 2 is 1.74 bits per heavy atom. The van der Waals surface area contributed by atoms with Crippen LogP contribution in [0.1, 0.15) is 5.56 Å². The predicted octanol–water partition coefficient (Wildman–Crippen LogP) is 3.28. The van der Waals surface area contributed by atoms with Crippen molar-refractivity contribution in [2.75, 3.05) is 19.8 Å². The van der Waals surface area contributed by atoms with Gasteiger partial charge in [-0.25, -0.2) is 9.37 Å². The van der Waals surface area contributed by atoms with Crippen LogP contribution in [0.3, 0.4) is 0 Å². The standard InChI is InChI=1S/C22H19F2N5O2/c1-29(2)10-13-7-11(4-6-17(13)30)18-20(24)28-21(25)19(27-18)12-3-5-14-15(8-12)16(23)9-26-22(14)31/h3-9,30H,10H2,1-2H3,(H2,25,28)(H,26,31). The minimum atomic E-state index is -0.869. The fourth-order valence-electron chi connectivity index (χ4n) is 3.39. The number of fused-ring (bicyclic) bond motifs is 1. The molecule has 2 aromatic carbocycles. The summed E-state index contributed by atoms with van der Waals surface area (Å²) in [6, 6.07) is 9.04. The van der Waals surface area contributed by atoms with Gasteiger partial charge in [-0.15, -0.1) is 0 Å². The Labute approximate surface area is 175 Å². The molecular formula is C22H19F2N5O2. The highest BCUT2D eigenvalue weighted by molar-refractivity contribution is 5.88. The number of hydrogen-bond acceptors (Lipinski definition) is 6. The maximum atomic E-state index is 14.7. The number of nitrogens with two attached hydrogens (primary N) is 1. The molecule has 0 fully saturated rings. The van der Waals surface area contributed by atoms with E-state index in [4.69, 9.17) is 5.73 Å². The molecule has 0 atom stereocenters. The molecule has 31 heavy (non-hydrogen) atoms. The quantitative estimate of drug-likeness (QED) is 0.465. The van der Waals surface area contributed by atoms with E-state index in [-0.39, 0.29) is 33.7 Å². The van der Waals surface area contributed by atoms with Gasteiger partial charge in [0.1, 0.15) is 23.0 Å². The lowest BCUT2D eigenvalue weighted by molar-refractivity contribution is 0.386. The average Bonchev–Trinajstić information content (AvgIpc) is 2.72. The highest BCUT2D eigenvalue weighted by atomic mass is 19.1. The lowest BCUT2D eigenvalue weighted by Crippen LogP contribution is -2.11. The highest BCUT2D eigenvalue weighted by Gasteiger charge is 2.17. The molecule has 0 unspecified atom stereocenters. The number of benzene rings is 2. The molecule has 0 spiro atoms. The van der Waals surface area contributed by atoms with E-state index in [1.54, 1.807) is 12.1 Å². The monoisotopic (exact) mass is 423 g/mol. The van der Waals surface area contributed by atoms with Crippen LogP contribution in [0.15, 0.2) is 47.4 Å². The number of nitrogens with zero attached hydrogens (tertiary/aromatic N) is 3. The van der Waals surface area contributed by atoms with Crippen LogP contribution in [0.4, 0.5) is 14.6 Å². The van der Waals surface area contributed by atoms with Crippen LogP contribution >= 0.6 is 0 Å². The number of rotatable bonds is 4. The minimum Gasteiger partial charge on any atom is -0.508 e. The molecule has 0 saturated heterocycles. The van der Waals surface area contributed by atoms with Crippen molar-refractivity contribution in [1.82, 2.24) is 19.9 Å². The van der Waals surface area contributed by atoms with Crippen molar-refractivity contribution in [3.8, 4) is 28.3 Å². The van der Waals surface area contributed by atoms with Crippen molar-refractivity contribution in [2.24, 2.45) is 0 Å². The second kappa shape index (κ2) is 7.77. The number of aromatic nitrogens is 3. The van der Waals surface area contributed by atoms with Gasteiger partial charge in [0, 0.05) is 40.2 Å². The Morgan fingerprint density at radius 3 is 2.48 bits per heavy atom. The van der Waals surface area contributed by atoms with Crippen LogP contribution in [-0.4, -0.2) is 39.1 Å². The number of aromatic amines is 1. The summed E-state index contributed by atoms with van der Waals surface area (Å²) in [5.41, 5.74) is 6.96. The number of hydrogen-bond donors (Lipinski definition) is 3. The summed E-state index contributed by atoms with van der Waals surface area (Å²) in [5.74, 6) is -1.57. The van der Waals surface area contributed by atoms with Gasteiger partial charge < -0.3 is 20.7 Å². The fraction of sp³-hybridized carbons (Fsp3) is 0.136. The first kappa shape index (κ1) is 20.4. The molecule has 0 bridgehead atoms. The van der Waals surface area contributed by atoms with Gasteiger partial charge in [0.25, 0.3) is 5.56 Å². The summed E-state index contributed by atoms with van der Waals surface area (Å²) in [5, 5.41) is 10.3. The summed E-state index contributed by atoms with van der Waals surface area (Å²) in [6.07, 6.45) is 0.974. The SMILES string of the molecule is CN(C)Cc1cc(-c2nc(-c3ccc4c(=O)[nH]cc(F)c4c3)c(N)nc2F)ccc1O. The predicted molar refractivity (Wildman–Crippen MR) is 114 cm³/mol. The van der Waals surface area contributed by atoms with E-state index in [1.807, 2.05) is 19.0 Å². The van der Waals surface area contributed by atoms with Crippen molar-refractivity contribution in [2.45, 2.75) is 6.54 Å². The van der Waals surface area contributed by atoms with Gasteiger partial charge in [-0.1, -0.05) is 6.07 Å². The molecule has 0 aliphatic heterocycles. The molecular weight excluding hydrogens is 404 g/mol. The van der Waals surface area contributed by atoms with Crippen LogP contribution < -0.4 is 11.3 Å². The number of phenols is 1. The van der Waals surface area contributed by atoms with Gasteiger partial charge in [0.15, 0.2) is 5.82 Å². The minimum absolute atomic E-state index is 0.0596. The van der Waals surface area contributed by atoms with Crippen molar-refractivity contribution < 1.29 is 13.9 Å². The Kier molecular flexibility index (Phi) is 5.12. The number of anilines is 1. The number of nitrogens with one attached hydrogen (secondary N) is 1. The molecule has 0 saturated carbocycles. The zero-order valence-electron chi connectivity index (χ0n) is 16.8. The van der Waals surface area contributed by atoms with Crippen LogP contribution in [0.2, 0.25) is 0 Å². The van der Waals surface area contributed by atoms with Crippen molar-refractivity contribution in [3.05, 3.63) is 70.3 Å². The summed E-state index contributed by atoms with van der Waals surface area (Å²) >= 11 is 0. The van der Waals surface area contributed by atoms with E-state index in [0.29, 0.717) is 23.2 Å². The van der Waals surface area contributed by atoms with Crippen molar-refractivity contribution >= 4 is 16.6 Å². The molecule has 9 heteroatoms. The van der Waals surface area contributed by atoms with Crippen molar-refractivity contribution in [3.63, 3.8) is 0 Å². The second-order valence-corrected chi connectivity index (χ2v) is 7.40. The second-order valence-electron chi connectivity index (χ2n) is 7.40. The van der Waals surface area contributed by atoms with Gasteiger partial charge >= 0.3 is 0 Å². The van der Waals surface area contributed by atoms with Gasteiger partial charge in [-0.3, -0.25) is 4.79 Å². The molecule has 0 radical (unpaired) electrons. The lowest BCUT2D eigenvalue weighted by atomic mass is 10.0. The summed E-state index contributed by atoms with van der Waals surface area (Å²) in [4.78, 5) is 24.2. The van der Waals surface area contributed by atoms with E-state index < -0.39 is 17.3 Å². The molecule has 4 rings (SSSR count). The molecule has 4 N–H and O–H groups in total. The average molecular weight is 423 g/mol. The van der Waals surface area contributed by atoms with E-state index in [9.17, 15) is 18.7 Å². The third-order valence-electron chi connectivity index (χ3n) is 4.84. The molecule has 2 heterocycles. The van der Waals surface area contributed by atoms with Gasteiger partial charge in [0.2, 0.25) is 5.95 Å². The van der Waals surface area contributed by atoms with Crippen LogP contribution in [0.5, 0.6) is 5.75 Å². The van der Waals surface area contributed by atoms with Crippen molar-refractivity contribution in [1.29, 1.82) is 0 Å². The largest absolute Gasteiger partial charge is 0.508 e. The Balaban J connectivity index is 1.87. The molecule has 0 amide bonds. The maximum Gasteiger partial charge on any atom is 0.256 e. The van der Waals surface area contributed by atoms with Gasteiger partial charge in [-0.2, -0.15) is 9.37 Å². The highest BCUT2D eigenvalue weighted by Crippen LogP contribution is 2.32. The third-order valence-corrected chi connectivity index (χ3v) is 4.84. The fourth-order valence-corrected chi connectivity index (χ4v) is 3.39. The van der Waals surface area contributed by atoms with Gasteiger partial charge in [-0.05, 0) is 44.4 Å². The zero-order valence-corrected chi connectivity index (χ0v) is 16.8. The lowest BCUT2D eigenvalue weighted by Gasteiger charge is -2.14. The normalized spacial score (nSPS) is 11.4. The molecule has 158 valence electrons. The van der Waals surface area contributed by atoms with Crippen LogP contribution in [0, 0.1) is 11.8 Å². The molecule has 7 nitrogen and oxygen atoms in total. The topological polar surface area (TPSA) is 108 Å². The number of aromatic hydroxyl groups is 1. The first-order valence-electron chi connectivity index (χ1n) is 9.36. The van der Waals surface area contributed by atoms with E-state index in [2.05, 4.69) is 15.0 Å². The zero-order chi connectivity index (χ0) is 22.3. The Bertz CT molecular complexity index is 1370. The van der Waals surface area contributed by atoms with Crippen LogP contribution in [-0.2, 0) is 6.54 Å². The summed E-state index contributed by atoms with van der Waals surface area (Å²) < 4.78 is 28.9. The smallest absolute Gasteiger partial charge is 0.256 e. The molecule has 0 aliphatic rings. The Hall–Kier alpha value is -3.85. The van der Waals surface area contributed by atoms with Crippen LogP contribution in [0.25, 0.3) is 33.3 Å². The number of pyridine rings is 1. The van der Waals surface area contributed by atoms with E-state index in [0.717, 1.165) is 6.20 Å².